The van der Waals surface area contributed by atoms with E-state index in [1.165, 1.54) is 38.6 Å². The van der Waals surface area contributed by atoms with E-state index in [1.54, 1.807) is 0 Å². The van der Waals surface area contributed by atoms with Crippen LogP contribution in [0.15, 0.2) is 72.3 Å². The van der Waals surface area contributed by atoms with Crippen LogP contribution in [-0.2, 0) is 12.8 Å². The molecule has 0 spiro atoms. The predicted molar refractivity (Wildman–Crippen MR) is 120 cm³/mol. The molecule has 1 nitrogen and oxygen atoms in total. The summed E-state index contributed by atoms with van der Waals surface area (Å²) < 4.78 is 0. The van der Waals surface area contributed by atoms with Crippen LogP contribution in [0.25, 0.3) is 16.3 Å². The van der Waals surface area contributed by atoms with Crippen molar-refractivity contribution >= 4 is 39.5 Å². The second kappa shape index (κ2) is 7.08. The summed E-state index contributed by atoms with van der Waals surface area (Å²) in [6.07, 6.45) is 7.51. The lowest BCUT2D eigenvalue weighted by Gasteiger charge is -2.33. The minimum Gasteiger partial charge on any atom is -0.324 e. The second-order valence-corrected chi connectivity index (χ2v) is 8.57. The van der Waals surface area contributed by atoms with Crippen molar-refractivity contribution in [1.29, 1.82) is 0 Å². The van der Waals surface area contributed by atoms with Gasteiger partial charge in [0.1, 0.15) is 0 Å². The van der Waals surface area contributed by atoms with Crippen molar-refractivity contribution in [2.45, 2.75) is 25.3 Å². The molecule has 3 aromatic rings. The third kappa shape index (κ3) is 2.99. The van der Waals surface area contributed by atoms with Crippen LogP contribution in [0.1, 0.15) is 23.1 Å². The normalized spacial score (nSPS) is 21.0. The number of fused-ring (bicyclic) bond motifs is 4. The van der Waals surface area contributed by atoms with Crippen LogP contribution in [-0.4, -0.2) is 6.04 Å². The molecular weight excluding hydrogens is 385 g/mol. The summed E-state index contributed by atoms with van der Waals surface area (Å²) in [5, 5.41) is 3.87. The van der Waals surface area contributed by atoms with Gasteiger partial charge in [-0.25, -0.2) is 0 Å². The van der Waals surface area contributed by atoms with Crippen LogP contribution in [0, 0.1) is 5.92 Å². The van der Waals surface area contributed by atoms with Gasteiger partial charge in [0, 0.05) is 12.0 Å². The Morgan fingerprint density at radius 1 is 0.929 bits per heavy atom. The smallest absolute Gasteiger partial charge is 0.0595 e. The minimum absolute atomic E-state index is 0.0362. The van der Waals surface area contributed by atoms with Crippen LogP contribution in [0.2, 0.25) is 10.0 Å². The van der Waals surface area contributed by atoms with Gasteiger partial charge in [-0.1, -0.05) is 77.8 Å². The lowest BCUT2D eigenvalue weighted by molar-refractivity contribution is 0.531. The quantitative estimate of drug-likeness (QED) is 0.510. The zero-order valence-corrected chi connectivity index (χ0v) is 17.0. The summed E-state index contributed by atoms with van der Waals surface area (Å²) in [6, 6.07) is 19.0. The Morgan fingerprint density at radius 2 is 1.79 bits per heavy atom. The van der Waals surface area contributed by atoms with Gasteiger partial charge < -0.3 is 5.73 Å². The van der Waals surface area contributed by atoms with Gasteiger partial charge in [0.2, 0.25) is 0 Å². The third-order valence-electron chi connectivity index (χ3n) is 6.15. The van der Waals surface area contributed by atoms with E-state index in [4.69, 9.17) is 28.9 Å². The number of benzene rings is 3. The molecule has 0 amide bonds. The summed E-state index contributed by atoms with van der Waals surface area (Å²) in [7, 11) is 0. The maximum absolute atomic E-state index is 6.75. The SMILES string of the molecule is NC1C2=C(C=CC1Cc1ccc(Cl)c(Cl)c1)c1ccc3ccccc3c1CC2. The fraction of sp³-hybridized carbons (Fsp3) is 0.200. The molecular formula is C25H21Cl2N. The highest BCUT2D eigenvalue weighted by atomic mass is 35.5. The van der Waals surface area contributed by atoms with Crippen molar-refractivity contribution in [3.8, 4) is 0 Å². The molecule has 3 heteroatoms. The largest absolute Gasteiger partial charge is 0.324 e. The fourth-order valence-corrected chi connectivity index (χ4v) is 5.02. The summed E-state index contributed by atoms with van der Waals surface area (Å²) in [5.74, 6) is 0.276. The molecule has 2 unspecified atom stereocenters. The van der Waals surface area contributed by atoms with E-state index in [0.717, 1.165) is 19.3 Å². The van der Waals surface area contributed by atoms with Gasteiger partial charge in [0.15, 0.2) is 0 Å². The zero-order chi connectivity index (χ0) is 19.3. The molecule has 28 heavy (non-hydrogen) atoms. The second-order valence-electron chi connectivity index (χ2n) is 7.75. The molecule has 2 aliphatic rings. The first kappa shape index (κ1) is 18.0. The van der Waals surface area contributed by atoms with Crippen molar-refractivity contribution in [2.75, 3.05) is 0 Å². The molecule has 5 rings (SSSR count). The Hall–Kier alpha value is -2.06. The van der Waals surface area contributed by atoms with Crippen molar-refractivity contribution in [1.82, 2.24) is 0 Å². The number of aryl methyl sites for hydroxylation is 1. The number of hydrogen-bond donors (Lipinski definition) is 1. The molecule has 0 saturated heterocycles. The number of halogens is 2. The van der Waals surface area contributed by atoms with E-state index in [2.05, 4.69) is 48.6 Å². The van der Waals surface area contributed by atoms with Gasteiger partial charge >= 0.3 is 0 Å². The van der Waals surface area contributed by atoms with Crippen LogP contribution >= 0.6 is 23.2 Å². The van der Waals surface area contributed by atoms with Crippen LogP contribution in [0.4, 0.5) is 0 Å². The molecule has 0 saturated carbocycles. The first-order valence-corrected chi connectivity index (χ1v) is 10.5. The standard InChI is InChI=1S/C25H21Cl2N/c26-23-12-5-15(14-24(23)27)13-17-7-9-21-20-8-6-16-3-1-2-4-18(16)19(20)10-11-22(21)25(17)28/h1-9,12,14,17,25H,10-11,13,28H2. The van der Waals surface area contributed by atoms with Gasteiger partial charge in [-0.3, -0.25) is 0 Å². The number of rotatable bonds is 2. The van der Waals surface area contributed by atoms with E-state index >= 15 is 0 Å². The predicted octanol–water partition coefficient (Wildman–Crippen LogP) is 6.60. The Morgan fingerprint density at radius 3 is 2.64 bits per heavy atom. The summed E-state index contributed by atoms with van der Waals surface area (Å²) in [5.41, 5.74) is 13.4. The van der Waals surface area contributed by atoms with Gasteiger partial charge in [-0.15, -0.1) is 0 Å². The zero-order valence-electron chi connectivity index (χ0n) is 15.5. The number of nitrogens with two attached hydrogens (primary N) is 1. The summed E-state index contributed by atoms with van der Waals surface area (Å²) in [6.45, 7) is 0. The van der Waals surface area contributed by atoms with Crippen LogP contribution < -0.4 is 5.73 Å². The highest BCUT2D eigenvalue weighted by Gasteiger charge is 2.29. The average Bonchev–Trinajstić information content (AvgIpc) is 2.72. The number of allylic oxidation sites excluding steroid dienone is 2. The Kier molecular flexibility index (Phi) is 4.55. The Bertz CT molecular complexity index is 1140. The Balaban J connectivity index is 1.49. The maximum atomic E-state index is 6.75. The molecule has 2 N–H and O–H groups in total. The third-order valence-corrected chi connectivity index (χ3v) is 6.89. The molecule has 0 fully saturated rings. The monoisotopic (exact) mass is 405 g/mol. The van der Waals surface area contributed by atoms with E-state index in [0.29, 0.717) is 10.0 Å². The lowest BCUT2D eigenvalue weighted by atomic mass is 9.73. The number of hydrogen-bond acceptors (Lipinski definition) is 1. The molecule has 140 valence electrons. The molecule has 0 heterocycles. The van der Waals surface area contributed by atoms with Crippen molar-refractivity contribution < 1.29 is 0 Å². The maximum Gasteiger partial charge on any atom is 0.0595 e. The molecule has 0 aliphatic heterocycles. The fourth-order valence-electron chi connectivity index (χ4n) is 4.70. The highest BCUT2D eigenvalue weighted by molar-refractivity contribution is 6.42. The molecule has 0 radical (unpaired) electrons. The molecule has 0 aromatic heterocycles. The average molecular weight is 406 g/mol. The van der Waals surface area contributed by atoms with Crippen molar-refractivity contribution in [3.63, 3.8) is 0 Å². The van der Waals surface area contributed by atoms with Gasteiger partial charge in [-0.2, -0.15) is 0 Å². The first-order chi connectivity index (χ1) is 13.6. The van der Waals surface area contributed by atoms with Gasteiger partial charge in [0.25, 0.3) is 0 Å². The lowest BCUT2D eigenvalue weighted by Crippen LogP contribution is -2.36. The van der Waals surface area contributed by atoms with Gasteiger partial charge in [-0.05, 0) is 70.0 Å². The summed E-state index contributed by atoms with van der Waals surface area (Å²) in [4.78, 5) is 0. The molecule has 2 atom stereocenters. The van der Waals surface area contributed by atoms with E-state index in [-0.39, 0.29) is 12.0 Å². The van der Waals surface area contributed by atoms with E-state index in [1.807, 2.05) is 18.2 Å². The van der Waals surface area contributed by atoms with E-state index in [9.17, 15) is 0 Å². The van der Waals surface area contributed by atoms with Crippen LogP contribution in [0.5, 0.6) is 0 Å². The first-order valence-electron chi connectivity index (χ1n) is 9.73. The summed E-state index contributed by atoms with van der Waals surface area (Å²) >= 11 is 12.2. The molecule has 3 aromatic carbocycles. The van der Waals surface area contributed by atoms with Gasteiger partial charge in [0.05, 0.1) is 10.0 Å². The van der Waals surface area contributed by atoms with E-state index < -0.39 is 0 Å². The molecule has 2 aliphatic carbocycles. The Labute approximate surface area is 175 Å². The van der Waals surface area contributed by atoms with Crippen molar-refractivity contribution in [2.24, 2.45) is 11.7 Å². The molecule has 0 bridgehead atoms. The highest BCUT2D eigenvalue weighted by Crippen LogP contribution is 2.41. The van der Waals surface area contributed by atoms with Crippen LogP contribution in [0.3, 0.4) is 0 Å². The minimum atomic E-state index is 0.0362. The van der Waals surface area contributed by atoms with Crippen molar-refractivity contribution in [3.05, 3.63) is 99.1 Å². The topological polar surface area (TPSA) is 26.0 Å².